The highest BCUT2D eigenvalue weighted by atomic mass is 35.5. The van der Waals surface area contributed by atoms with Gasteiger partial charge in [0.1, 0.15) is 36.5 Å². The summed E-state index contributed by atoms with van der Waals surface area (Å²) < 4.78 is 19.1. The smallest absolute Gasteiger partial charge is 0.142 e. The van der Waals surface area contributed by atoms with Gasteiger partial charge < -0.3 is 24.2 Å². The number of halogens is 1. The molecule has 2 saturated heterocycles. The van der Waals surface area contributed by atoms with Gasteiger partial charge in [-0.3, -0.25) is 9.88 Å². The summed E-state index contributed by atoms with van der Waals surface area (Å²) in [5.74, 6) is 2.17. The van der Waals surface area contributed by atoms with Gasteiger partial charge in [-0.15, -0.1) is 0 Å². The minimum atomic E-state index is -0.205. The van der Waals surface area contributed by atoms with Crippen LogP contribution in [0.15, 0.2) is 67.0 Å². The van der Waals surface area contributed by atoms with Gasteiger partial charge in [0.15, 0.2) is 0 Å². The Morgan fingerprint density at radius 3 is 2.48 bits per heavy atom. The van der Waals surface area contributed by atoms with Crippen molar-refractivity contribution in [1.29, 1.82) is 5.26 Å². The van der Waals surface area contributed by atoms with Crippen LogP contribution in [0.4, 0.5) is 0 Å². The maximum Gasteiger partial charge on any atom is 0.142 e. The van der Waals surface area contributed by atoms with Crippen molar-refractivity contribution in [3.05, 3.63) is 105 Å². The second kappa shape index (κ2) is 18.1. The molecule has 0 unspecified atom stereocenters. The van der Waals surface area contributed by atoms with Gasteiger partial charge in [0.2, 0.25) is 0 Å². The van der Waals surface area contributed by atoms with Gasteiger partial charge in [0.25, 0.3) is 0 Å². The van der Waals surface area contributed by atoms with E-state index in [1.54, 1.807) is 18.5 Å². The lowest BCUT2D eigenvalue weighted by Crippen LogP contribution is -2.39. The molecule has 0 aliphatic carbocycles. The van der Waals surface area contributed by atoms with E-state index in [1.807, 2.05) is 18.2 Å². The second-order valence-corrected chi connectivity index (χ2v) is 14.7. The SMILES string of the molecule is Cc1c(COc2cc(OCc3cncc(C#N)c3)c(CN3CCCC[C@H]3C)cc2Cl)cccc1-c1cccc(OCCCN2CCC[C@@H](O)C2)c1C. The van der Waals surface area contributed by atoms with Crippen LogP contribution in [-0.4, -0.2) is 64.8 Å². The van der Waals surface area contributed by atoms with E-state index in [9.17, 15) is 10.4 Å². The minimum Gasteiger partial charge on any atom is -0.493 e. The number of likely N-dealkylation sites (tertiary alicyclic amines) is 2. The standard InChI is InChI=1S/C43H51ClN4O4/c1-30-10-4-5-18-48(30)26-36-21-40(44)43(22-42(36)51-28-34-20-33(23-45)24-46-25-34)52-29-35-11-6-13-38(31(35)2)39-14-7-15-41(32(39)3)50-19-9-17-47-16-8-12-37(49)27-47/h6-7,11,13-15,20-22,24-25,30,37,49H,4-5,8-10,12,16-19,26-29H2,1-3H3/t30-,37-/m1/s1. The molecular formula is C43H51ClN4O4. The molecule has 6 rings (SSSR count). The van der Waals surface area contributed by atoms with E-state index in [2.05, 4.69) is 72.0 Å². The van der Waals surface area contributed by atoms with Crippen molar-refractivity contribution < 1.29 is 19.3 Å². The molecule has 3 heterocycles. The summed E-state index contributed by atoms with van der Waals surface area (Å²) in [6.45, 7) is 12.3. The van der Waals surface area contributed by atoms with Crippen LogP contribution in [0.2, 0.25) is 5.02 Å². The van der Waals surface area contributed by atoms with E-state index >= 15 is 0 Å². The number of aromatic nitrogens is 1. The minimum absolute atomic E-state index is 0.205. The van der Waals surface area contributed by atoms with Gasteiger partial charge >= 0.3 is 0 Å². The molecular weight excluding hydrogens is 672 g/mol. The summed E-state index contributed by atoms with van der Waals surface area (Å²) in [5, 5.41) is 19.9. The number of piperidine rings is 2. The number of benzene rings is 3. The van der Waals surface area contributed by atoms with Crippen molar-refractivity contribution in [2.75, 3.05) is 32.8 Å². The molecule has 1 N–H and O–H groups in total. The Hall–Kier alpha value is -4.13. The summed E-state index contributed by atoms with van der Waals surface area (Å²) in [7, 11) is 0. The number of ether oxygens (including phenoxy) is 3. The molecule has 1 aromatic heterocycles. The summed E-state index contributed by atoms with van der Waals surface area (Å²) in [5.41, 5.74) is 7.92. The quantitative estimate of drug-likeness (QED) is 0.129. The number of β-amino-alcohol motifs (C(OH)–C–C–N with tert-alkyl or cyclic N) is 1. The molecule has 0 spiro atoms. The molecule has 3 aromatic carbocycles. The van der Waals surface area contributed by atoms with E-state index < -0.39 is 0 Å². The van der Waals surface area contributed by atoms with Crippen LogP contribution in [0.1, 0.15) is 78.8 Å². The zero-order valence-corrected chi connectivity index (χ0v) is 31.5. The summed E-state index contributed by atoms with van der Waals surface area (Å²) in [6.07, 6.45) is 9.56. The highest BCUT2D eigenvalue weighted by molar-refractivity contribution is 6.32. The van der Waals surface area contributed by atoms with Crippen molar-refractivity contribution in [3.8, 4) is 34.4 Å². The van der Waals surface area contributed by atoms with Crippen molar-refractivity contribution in [3.63, 3.8) is 0 Å². The largest absolute Gasteiger partial charge is 0.493 e. The Kier molecular flexibility index (Phi) is 13.1. The van der Waals surface area contributed by atoms with Gasteiger partial charge in [0.05, 0.1) is 23.3 Å². The fourth-order valence-corrected chi connectivity index (χ4v) is 7.64. The summed E-state index contributed by atoms with van der Waals surface area (Å²) in [6, 6.07) is 20.9. The monoisotopic (exact) mass is 722 g/mol. The Balaban J connectivity index is 1.16. The third-order valence-corrected chi connectivity index (χ3v) is 10.8. The van der Waals surface area contributed by atoms with Crippen LogP contribution >= 0.6 is 11.6 Å². The van der Waals surface area contributed by atoms with Gasteiger partial charge in [-0.25, -0.2) is 0 Å². The van der Waals surface area contributed by atoms with E-state index in [0.29, 0.717) is 41.3 Å². The normalized spacial score (nSPS) is 18.2. The second-order valence-electron chi connectivity index (χ2n) is 14.3. The van der Waals surface area contributed by atoms with E-state index in [0.717, 1.165) is 96.7 Å². The Morgan fingerprint density at radius 2 is 1.67 bits per heavy atom. The number of pyridine rings is 1. The Bertz CT molecular complexity index is 1860. The Morgan fingerprint density at radius 1 is 0.865 bits per heavy atom. The predicted octanol–water partition coefficient (Wildman–Crippen LogP) is 8.65. The fourth-order valence-electron chi connectivity index (χ4n) is 7.40. The molecule has 2 fully saturated rings. The first-order valence-electron chi connectivity index (χ1n) is 18.7. The molecule has 0 saturated carbocycles. The Labute approximate surface area is 313 Å². The number of hydrogen-bond donors (Lipinski definition) is 1. The van der Waals surface area contributed by atoms with Gasteiger partial charge in [-0.05, 0) is 112 Å². The average molecular weight is 723 g/mol. The van der Waals surface area contributed by atoms with Crippen molar-refractivity contribution in [1.82, 2.24) is 14.8 Å². The van der Waals surface area contributed by atoms with Crippen LogP contribution in [0.3, 0.4) is 0 Å². The molecule has 52 heavy (non-hydrogen) atoms. The molecule has 4 aromatic rings. The highest BCUT2D eigenvalue weighted by Crippen LogP contribution is 2.37. The first-order chi connectivity index (χ1) is 25.3. The van der Waals surface area contributed by atoms with Crippen LogP contribution in [0.25, 0.3) is 11.1 Å². The molecule has 8 nitrogen and oxygen atoms in total. The van der Waals surface area contributed by atoms with Gasteiger partial charge in [-0.1, -0.05) is 48.4 Å². The molecule has 9 heteroatoms. The molecule has 0 bridgehead atoms. The van der Waals surface area contributed by atoms with Crippen molar-refractivity contribution in [2.45, 2.75) is 91.2 Å². The summed E-state index contributed by atoms with van der Waals surface area (Å²) in [4.78, 5) is 9.01. The lowest BCUT2D eigenvalue weighted by molar-refractivity contribution is 0.0679. The number of rotatable bonds is 14. The number of aliphatic hydroxyl groups excluding tert-OH is 1. The van der Waals surface area contributed by atoms with Gasteiger partial charge in [0, 0.05) is 55.3 Å². The molecule has 2 aliphatic heterocycles. The van der Waals surface area contributed by atoms with Crippen molar-refractivity contribution in [2.24, 2.45) is 0 Å². The average Bonchev–Trinajstić information content (AvgIpc) is 3.15. The van der Waals surface area contributed by atoms with Crippen molar-refractivity contribution >= 4 is 11.6 Å². The van der Waals surface area contributed by atoms with Gasteiger partial charge in [-0.2, -0.15) is 5.26 Å². The summed E-state index contributed by atoms with van der Waals surface area (Å²) >= 11 is 6.91. The lowest BCUT2D eigenvalue weighted by atomic mass is 9.93. The molecule has 2 atom stereocenters. The van der Waals surface area contributed by atoms with Crippen LogP contribution in [0.5, 0.6) is 17.2 Å². The molecule has 2 aliphatic rings. The zero-order chi connectivity index (χ0) is 36.5. The zero-order valence-electron chi connectivity index (χ0n) is 30.7. The maximum absolute atomic E-state index is 9.98. The number of aliphatic hydroxyl groups is 1. The van der Waals surface area contributed by atoms with Crippen LogP contribution < -0.4 is 14.2 Å². The van der Waals surface area contributed by atoms with Crippen LogP contribution in [0, 0.1) is 25.2 Å². The van der Waals surface area contributed by atoms with E-state index in [1.165, 1.54) is 19.3 Å². The van der Waals surface area contributed by atoms with Crippen LogP contribution in [-0.2, 0) is 19.8 Å². The topological polar surface area (TPSA) is 91.1 Å². The molecule has 0 amide bonds. The fraction of sp³-hybridized carbons (Fsp3) is 0.442. The van der Waals surface area contributed by atoms with E-state index in [-0.39, 0.29) is 12.7 Å². The first kappa shape index (κ1) is 37.6. The predicted molar refractivity (Wildman–Crippen MR) is 206 cm³/mol. The molecule has 274 valence electrons. The highest BCUT2D eigenvalue weighted by Gasteiger charge is 2.22. The number of nitriles is 1. The first-order valence-corrected chi connectivity index (χ1v) is 19.0. The molecule has 0 radical (unpaired) electrons. The third kappa shape index (κ3) is 9.64. The number of hydrogen-bond acceptors (Lipinski definition) is 8. The maximum atomic E-state index is 9.98. The lowest BCUT2D eigenvalue weighted by Gasteiger charge is -2.33. The third-order valence-electron chi connectivity index (χ3n) is 10.5. The van der Waals surface area contributed by atoms with E-state index in [4.69, 9.17) is 25.8 Å². The number of nitrogens with zero attached hydrogens (tertiary/aromatic N) is 4.